The Kier molecular flexibility index (Phi) is 4.20. The Morgan fingerprint density at radius 1 is 1.26 bits per heavy atom. The van der Waals surface area contributed by atoms with E-state index >= 15 is 0 Å². The highest BCUT2D eigenvalue weighted by Crippen LogP contribution is 2.21. The van der Waals surface area contributed by atoms with Crippen molar-refractivity contribution in [3.63, 3.8) is 0 Å². The molecule has 1 aromatic rings. The summed E-state index contributed by atoms with van der Waals surface area (Å²) in [7, 11) is -2.91. The number of nitrogens with one attached hydrogen (secondary N) is 1. The highest BCUT2D eigenvalue weighted by atomic mass is 32.2. The van der Waals surface area contributed by atoms with Crippen LogP contribution in [-0.4, -0.2) is 26.0 Å². The minimum atomic E-state index is -2.91. The molecule has 0 saturated carbocycles. The second-order valence-electron chi connectivity index (χ2n) is 4.96. The van der Waals surface area contributed by atoms with Crippen molar-refractivity contribution in [1.29, 1.82) is 0 Å². The van der Waals surface area contributed by atoms with Gasteiger partial charge in [-0.1, -0.05) is 12.1 Å². The SMILES string of the molecule is CC(NC1CCS(=O)(=O)CC1)c1cccc(F)c1F. The molecule has 0 bridgehead atoms. The lowest BCUT2D eigenvalue weighted by molar-refractivity contribution is 0.404. The van der Waals surface area contributed by atoms with Gasteiger partial charge in [0.25, 0.3) is 0 Å². The van der Waals surface area contributed by atoms with Crippen LogP contribution in [0.3, 0.4) is 0 Å². The lowest BCUT2D eigenvalue weighted by Crippen LogP contribution is -2.39. The number of rotatable bonds is 3. The normalized spacial score (nSPS) is 21.2. The van der Waals surface area contributed by atoms with Crippen molar-refractivity contribution in [2.45, 2.75) is 31.8 Å². The Labute approximate surface area is 111 Å². The van der Waals surface area contributed by atoms with Crippen LogP contribution in [0.25, 0.3) is 0 Å². The number of halogens is 2. The van der Waals surface area contributed by atoms with E-state index in [0.29, 0.717) is 12.8 Å². The molecule has 1 aromatic carbocycles. The molecule has 1 N–H and O–H groups in total. The standard InChI is InChI=1S/C13H17F2NO2S/c1-9(11-3-2-4-12(14)13(11)15)16-10-5-7-19(17,18)8-6-10/h2-4,9-10,16H,5-8H2,1H3. The van der Waals surface area contributed by atoms with Crippen LogP contribution in [0.15, 0.2) is 18.2 Å². The lowest BCUT2D eigenvalue weighted by Gasteiger charge is -2.27. The third-order valence-corrected chi connectivity index (χ3v) is 5.20. The molecule has 1 aliphatic rings. The van der Waals surface area contributed by atoms with Crippen LogP contribution >= 0.6 is 0 Å². The van der Waals surface area contributed by atoms with Gasteiger partial charge in [-0.3, -0.25) is 0 Å². The molecule has 0 amide bonds. The van der Waals surface area contributed by atoms with Crippen molar-refractivity contribution in [1.82, 2.24) is 5.32 Å². The molecule has 19 heavy (non-hydrogen) atoms. The van der Waals surface area contributed by atoms with Crippen LogP contribution in [0.1, 0.15) is 31.4 Å². The lowest BCUT2D eigenvalue weighted by atomic mass is 10.0. The van der Waals surface area contributed by atoms with Crippen molar-refractivity contribution in [2.75, 3.05) is 11.5 Å². The molecular formula is C13H17F2NO2S. The quantitative estimate of drug-likeness (QED) is 0.928. The van der Waals surface area contributed by atoms with Crippen LogP contribution in [0.2, 0.25) is 0 Å². The van der Waals surface area contributed by atoms with E-state index in [0.717, 1.165) is 6.07 Å². The molecule has 1 saturated heterocycles. The summed E-state index contributed by atoms with van der Waals surface area (Å²) in [5.41, 5.74) is 0.272. The van der Waals surface area contributed by atoms with E-state index in [2.05, 4.69) is 5.32 Å². The third-order valence-electron chi connectivity index (χ3n) is 3.49. The Morgan fingerprint density at radius 3 is 2.53 bits per heavy atom. The van der Waals surface area contributed by atoms with Gasteiger partial charge in [-0.2, -0.15) is 0 Å². The zero-order valence-electron chi connectivity index (χ0n) is 10.7. The van der Waals surface area contributed by atoms with Crippen LogP contribution in [-0.2, 0) is 9.84 Å². The molecule has 0 spiro atoms. The summed E-state index contributed by atoms with van der Waals surface area (Å²) in [6.07, 6.45) is 1.03. The largest absolute Gasteiger partial charge is 0.307 e. The second-order valence-corrected chi connectivity index (χ2v) is 7.26. The van der Waals surface area contributed by atoms with Gasteiger partial charge >= 0.3 is 0 Å². The van der Waals surface area contributed by atoms with Gasteiger partial charge in [0, 0.05) is 17.6 Å². The van der Waals surface area contributed by atoms with Crippen molar-refractivity contribution >= 4 is 9.84 Å². The van der Waals surface area contributed by atoms with E-state index in [4.69, 9.17) is 0 Å². The molecule has 0 aliphatic carbocycles. The van der Waals surface area contributed by atoms with Gasteiger partial charge in [-0.15, -0.1) is 0 Å². The molecule has 0 radical (unpaired) electrons. The molecule has 1 unspecified atom stereocenters. The van der Waals surface area contributed by atoms with Crippen molar-refractivity contribution < 1.29 is 17.2 Å². The van der Waals surface area contributed by atoms with E-state index in [-0.39, 0.29) is 29.2 Å². The summed E-state index contributed by atoms with van der Waals surface area (Å²) in [6.45, 7) is 1.75. The van der Waals surface area contributed by atoms with Gasteiger partial charge in [-0.25, -0.2) is 17.2 Å². The van der Waals surface area contributed by atoms with Gasteiger partial charge in [0.2, 0.25) is 0 Å². The van der Waals surface area contributed by atoms with Gasteiger partial charge in [-0.05, 0) is 25.8 Å². The minimum absolute atomic E-state index is 0.0289. The first-order valence-corrected chi connectivity index (χ1v) is 8.11. The average Bonchev–Trinajstić information content (AvgIpc) is 2.35. The van der Waals surface area contributed by atoms with Crippen molar-refractivity contribution in [3.05, 3.63) is 35.4 Å². The maximum Gasteiger partial charge on any atom is 0.163 e. The third kappa shape index (κ3) is 3.51. The summed E-state index contributed by atoms with van der Waals surface area (Å²) in [4.78, 5) is 0. The Bertz CT molecular complexity index is 546. The van der Waals surface area contributed by atoms with Crippen LogP contribution in [0.4, 0.5) is 8.78 Å². The van der Waals surface area contributed by atoms with E-state index in [9.17, 15) is 17.2 Å². The number of hydrogen-bond donors (Lipinski definition) is 1. The molecule has 1 heterocycles. The summed E-state index contributed by atoms with van der Waals surface area (Å²) in [6, 6.07) is 3.77. The molecule has 0 aromatic heterocycles. The smallest absolute Gasteiger partial charge is 0.163 e. The van der Waals surface area contributed by atoms with Crippen molar-refractivity contribution in [3.8, 4) is 0 Å². The summed E-state index contributed by atoms with van der Waals surface area (Å²) in [5.74, 6) is -1.39. The van der Waals surface area contributed by atoms with Crippen LogP contribution < -0.4 is 5.32 Å². The first-order chi connectivity index (χ1) is 8.89. The molecule has 1 aliphatic heterocycles. The predicted molar refractivity (Wildman–Crippen MR) is 69.6 cm³/mol. The maximum absolute atomic E-state index is 13.6. The zero-order valence-corrected chi connectivity index (χ0v) is 11.5. The molecule has 106 valence electrons. The second kappa shape index (κ2) is 5.54. The summed E-state index contributed by atoms with van der Waals surface area (Å²) < 4.78 is 49.4. The topological polar surface area (TPSA) is 46.2 Å². The average molecular weight is 289 g/mol. The number of sulfone groups is 1. The molecule has 6 heteroatoms. The summed E-state index contributed by atoms with van der Waals surface area (Å²) >= 11 is 0. The molecule has 2 rings (SSSR count). The monoisotopic (exact) mass is 289 g/mol. The molecule has 1 fully saturated rings. The van der Waals surface area contributed by atoms with Gasteiger partial charge < -0.3 is 5.32 Å². The highest BCUT2D eigenvalue weighted by molar-refractivity contribution is 7.91. The first kappa shape index (κ1) is 14.4. The molecule has 1 atom stereocenters. The maximum atomic E-state index is 13.6. The Balaban J connectivity index is 2.02. The van der Waals surface area contributed by atoms with Crippen molar-refractivity contribution in [2.24, 2.45) is 0 Å². The van der Waals surface area contributed by atoms with E-state index in [1.807, 2.05) is 0 Å². The molecular weight excluding hydrogens is 272 g/mol. The minimum Gasteiger partial charge on any atom is -0.307 e. The van der Waals surface area contributed by atoms with E-state index < -0.39 is 21.5 Å². The fourth-order valence-electron chi connectivity index (χ4n) is 2.35. The first-order valence-electron chi connectivity index (χ1n) is 6.29. The van der Waals surface area contributed by atoms with E-state index in [1.54, 1.807) is 6.92 Å². The Morgan fingerprint density at radius 2 is 1.89 bits per heavy atom. The number of hydrogen-bond acceptors (Lipinski definition) is 3. The van der Waals surface area contributed by atoms with Gasteiger partial charge in [0.1, 0.15) is 9.84 Å². The Hall–Kier alpha value is -1.01. The fraction of sp³-hybridized carbons (Fsp3) is 0.538. The number of benzene rings is 1. The van der Waals surface area contributed by atoms with Gasteiger partial charge in [0.05, 0.1) is 11.5 Å². The van der Waals surface area contributed by atoms with Crippen LogP contribution in [0, 0.1) is 11.6 Å². The van der Waals surface area contributed by atoms with Gasteiger partial charge in [0.15, 0.2) is 11.6 Å². The zero-order chi connectivity index (χ0) is 14.0. The molecule has 3 nitrogen and oxygen atoms in total. The predicted octanol–water partition coefficient (Wildman–Crippen LogP) is 2.19. The highest BCUT2D eigenvalue weighted by Gasteiger charge is 2.25. The fourth-order valence-corrected chi connectivity index (χ4v) is 3.85. The van der Waals surface area contributed by atoms with E-state index in [1.165, 1.54) is 12.1 Å². The van der Waals surface area contributed by atoms with Crippen LogP contribution in [0.5, 0.6) is 0 Å². The summed E-state index contributed by atoms with van der Waals surface area (Å²) in [5, 5.41) is 3.17.